The smallest absolute Gasteiger partial charge is 0.306 e. The van der Waals surface area contributed by atoms with Gasteiger partial charge in [0.1, 0.15) is 0 Å². The molecule has 0 saturated carbocycles. The molecule has 0 unspecified atom stereocenters. The molecule has 0 aromatic heterocycles. The van der Waals surface area contributed by atoms with Crippen LogP contribution in [0.1, 0.15) is 25.7 Å². The Hall–Kier alpha value is -1.14. The standard InChI is InChI=1S/C8H14O6/c9-6(10)2-1-5-14-8(13)4-3-7(11)12/h6,9-10H,1-5H2,(H,11,12). The number of esters is 1. The van der Waals surface area contributed by atoms with Gasteiger partial charge in [-0.3, -0.25) is 9.59 Å². The highest BCUT2D eigenvalue weighted by atomic mass is 16.5. The summed E-state index contributed by atoms with van der Waals surface area (Å²) in [5.41, 5.74) is 0. The van der Waals surface area contributed by atoms with Gasteiger partial charge in [0.25, 0.3) is 0 Å². The number of hydrogen-bond acceptors (Lipinski definition) is 5. The second-order valence-corrected chi connectivity index (χ2v) is 2.74. The number of aliphatic hydroxyl groups excluding tert-OH is 1. The van der Waals surface area contributed by atoms with E-state index >= 15 is 0 Å². The number of rotatable bonds is 7. The fraction of sp³-hybridized carbons (Fsp3) is 0.750. The van der Waals surface area contributed by atoms with E-state index in [1.54, 1.807) is 0 Å². The molecule has 0 aromatic rings. The van der Waals surface area contributed by atoms with Crippen LogP contribution in [0.3, 0.4) is 0 Å². The summed E-state index contributed by atoms with van der Waals surface area (Å²) in [4.78, 5) is 20.8. The van der Waals surface area contributed by atoms with Gasteiger partial charge in [-0.2, -0.15) is 0 Å². The van der Waals surface area contributed by atoms with Crippen molar-refractivity contribution < 1.29 is 29.6 Å². The third-order valence-corrected chi connectivity index (χ3v) is 1.41. The maximum absolute atomic E-state index is 10.8. The van der Waals surface area contributed by atoms with Crippen LogP contribution >= 0.6 is 0 Å². The van der Waals surface area contributed by atoms with Crippen molar-refractivity contribution in [1.29, 1.82) is 0 Å². The van der Waals surface area contributed by atoms with Crippen LogP contribution in [0, 0.1) is 0 Å². The molecule has 0 heterocycles. The van der Waals surface area contributed by atoms with E-state index in [0.717, 1.165) is 0 Å². The molecule has 0 rings (SSSR count). The number of carboxylic acids is 1. The van der Waals surface area contributed by atoms with Crippen molar-refractivity contribution in [3.63, 3.8) is 0 Å². The summed E-state index contributed by atoms with van der Waals surface area (Å²) in [7, 11) is 0. The largest absolute Gasteiger partial charge is 0.481 e. The monoisotopic (exact) mass is 206 g/mol. The minimum atomic E-state index is -1.40. The van der Waals surface area contributed by atoms with E-state index in [4.69, 9.17) is 15.3 Å². The predicted octanol–water partition coefficient (Wildman–Crippen LogP) is -0.515. The average molecular weight is 206 g/mol. The van der Waals surface area contributed by atoms with E-state index in [9.17, 15) is 9.59 Å². The molecular weight excluding hydrogens is 192 g/mol. The van der Waals surface area contributed by atoms with Crippen LogP contribution < -0.4 is 0 Å². The fourth-order valence-electron chi connectivity index (χ4n) is 0.733. The molecule has 0 aliphatic rings. The van der Waals surface area contributed by atoms with Gasteiger partial charge in [-0.1, -0.05) is 0 Å². The molecule has 0 fully saturated rings. The Morgan fingerprint density at radius 2 is 1.86 bits per heavy atom. The minimum Gasteiger partial charge on any atom is -0.481 e. The molecule has 0 amide bonds. The zero-order chi connectivity index (χ0) is 11.0. The molecule has 0 radical (unpaired) electrons. The van der Waals surface area contributed by atoms with Crippen LogP contribution in [0.25, 0.3) is 0 Å². The summed E-state index contributed by atoms with van der Waals surface area (Å²) >= 11 is 0. The number of carbonyl (C=O) groups is 2. The van der Waals surface area contributed by atoms with Gasteiger partial charge >= 0.3 is 11.9 Å². The molecular formula is C8H14O6. The Kier molecular flexibility index (Phi) is 6.69. The number of hydrogen-bond donors (Lipinski definition) is 3. The van der Waals surface area contributed by atoms with Crippen LogP contribution in [0.15, 0.2) is 0 Å². The Labute approximate surface area is 81.1 Å². The van der Waals surface area contributed by atoms with Crippen LogP contribution in [-0.4, -0.2) is 40.2 Å². The summed E-state index contributed by atoms with van der Waals surface area (Å²) in [5, 5.41) is 25.1. The quantitative estimate of drug-likeness (QED) is 0.294. The summed E-state index contributed by atoms with van der Waals surface area (Å²) in [6.07, 6.45) is -1.33. The van der Waals surface area contributed by atoms with E-state index < -0.39 is 18.2 Å². The highest BCUT2D eigenvalue weighted by molar-refractivity contribution is 5.76. The normalized spacial score (nSPS) is 10.2. The molecule has 14 heavy (non-hydrogen) atoms. The van der Waals surface area contributed by atoms with Gasteiger partial charge in [-0.25, -0.2) is 0 Å². The lowest BCUT2D eigenvalue weighted by atomic mass is 10.3. The zero-order valence-corrected chi connectivity index (χ0v) is 7.68. The Morgan fingerprint density at radius 3 is 2.36 bits per heavy atom. The van der Waals surface area contributed by atoms with Crippen molar-refractivity contribution in [3.8, 4) is 0 Å². The van der Waals surface area contributed by atoms with Crippen molar-refractivity contribution >= 4 is 11.9 Å². The summed E-state index contributed by atoms with van der Waals surface area (Å²) in [5.74, 6) is -1.63. The first kappa shape index (κ1) is 12.9. The van der Waals surface area contributed by atoms with E-state index in [1.165, 1.54) is 0 Å². The Morgan fingerprint density at radius 1 is 1.21 bits per heavy atom. The van der Waals surface area contributed by atoms with Crippen molar-refractivity contribution in [2.75, 3.05) is 6.61 Å². The summed E-state index contributed by atoms with van der Waals surface area (Å²) in [6, 6.07) is 0. The average Bonchev–Trinajstić information content (AvgIpc) is 2.08. The van der Waals surface area contributed by atoms with E-state index in [2.05, 4.69) is 4.74 Å². The summed E-state index contributed by atoms with van der Waals surface area (Å²) < 4.78 is 4.62. The first-order valence-corrected chi connectivity index (χ1v) is 4.26. The van der Waals surface area contributed by atoms with E-state index in [1.807, 2.05) is 0 Å². The molecule has 0 aliphatic heterocycles. The molecule has 0 saturated heterocycles. The molecule has 0 aliphatic carbocycles. The fourth-order valence-corrected chi connectivity index (χ4v) is 0.733. The molecule has 0 aromatic carbocycles. The molecule has 0 atom stereocenters. The maximum atomic E-state index is 10.8. The van der Waals surface area contributed by atoms with E-state index in [-0.39, 0.29) is 25.9 Å². The predicted molar refractivity (Wildman–Crippen MR) is 45.3 cm³/mol. The van der Waals surface area contributed by atoms with Crippen molar-refractivity contribution in [1.82, 2.24) is 0 Å². The van der Waals surface area contributed by atoms with Gasteiger partial charge in [0.15, 0.2) is 6.29 Å². The highest BCUT2D eigenvalue weighted by Crippen LogP contribution is 1.97. The van der Waals surface area contributed by atoms with Gasteiger partial charge in [0.05, 0.1) is 19.4 Å². The third-order valence-electron chi connectivity index (χ3n) is 1.41. The van der Waals surface area contributed by atoms with Gasteiger partial charge in [0, 0.05) is 6.42 Å². The first-order valence-electron chi connectivity index (χ1n) is 4.26. The second kappa shape index (κ2) is 7.28. The number of aliphatic hydroxyl groups is 2. The highest BCUT2D eigenvalue weighted by Gasteiger charge is 2.06. The lowest BCUT2D eigenvalue weighted by molar-refractivity contribution is -0.148. The third kappa shape index (κ3) is 8.95. The van der Waals surface area contributed by atoms with Crippen LogP contribution in [0.4, 0.5) is 0 Å². The Bertz CT molecular complexity index is 188. The second-order valence-electron chi connectivity index (χ2n) is 2.74. The first-order chi connectivity index (χ1) is 6.52. The zero-order valence-electron chi connectivity index (χ0n) is 7.68. The topological polar surface area (TPSA) is 104 Å². The molecule has 6 heteroatoms. The van der Waals surface area contributed by atoms with E-state index in [0.29, 0.717) is 6.42 Å². The van der Waals surface area contributed by atoms with Crippen molar-refractivity contribution in [3.05, 3.63) is 0 Å². The molecule has 0 bridgehead atoms. The molecule has 0 spiro atoms. The molecule has 82 valence electrons. The lowest BCUT2D eigenvalue weighted by Gasteiger charge is -2.04. The molecule has 6 nitrogen and oxygen atoms in total. The van der Waals surface area contributed by atoms with Crippen LogP contribution in [-0.2, 0) is 14.3 Å². The maximum Gasteiger partial charge on any atom is 0.306 e. The van der Waals surface area contributed by atoms with Gasteiger partial charge in [-0.15, -0.1) is 0 Å². The number of ether oxygens (including phenoxy) is 1. The van der Waals surface area contributed by atoms with Gasteiger partial charge in [-0.05, 0) is 6.42 Å². The van der Waals surface area contributed by atoms with Crippen LogP contribution in [0.2, 0.25) is 0 Å². The Balaban J connectivity index is 3.31. The SMILES string of the molecule is O=C(O)CCC(=O)OCCCC(O)O. The van der Waals surface area contributed by atoms with Gasteiger partial charge < -0.3 is 20.1 Å². The lowest BCUT2D eigenvalue weighted by Crippen LogP contribution is -2.10. The number of aliphatic carboxylic acids is 1. The van der Waals surface area contributed by atoms with Crippen molar-refractivity contribution in [2.45, 2.75) is 32.0 Å². The van der Waals surface area contributed by atoms with Gasteiger partial charge in [0.2, 0.25) is 0 Å². The number of carboxylic acid groups (broad SMARTS) is 1. The summed E-state index contributed by atoms with van der Waals surface area (Å²) in [6.45, 7) is 0.0794. The van der Waals surface area contributed by atoms with Crippen molar-refractivity contribution in [2.24, 2.45) is 0 Å². The number of carbonyl (C=O) groups excluding carboxylic acids is 1. The van der Waals surface area contributed by atoms with Crippen LogP contribution in [0.5, 0.6) is 0 Å². The molecule has 3 N–H and O–H groups in total. The minimum absolute atomic E-state index is 0.0794.